The van der Waals surface area contributed by atoms with Gasteiger partial charge in [0.15, 0.2) is 5.75 Å². The fourth-order valence-electron chi connectivity index (χ4n) is 2.28. The Morgan fingerprint density at radius 3 is 2.46 bits per heavy atom. The second kappa shape index (κ2) is 8.95. The molecule has 5 heteroatoms. The van der Waals surface area contributed by atoms with Crippen molar-refractivity contribution < 1.29 is 9.53 Å². The predicted octanol–water partition coefficient (Wildman–Crippen LogP) is 6.12. The van der Waals surface area contributed by atoms with Crippen LogP contribution in [0.1, 0.15) is 42.1 Å². The molecule has 3 nitrogen and oxygen atoms in total. The highest BCUT2D eigenvalue weighted by Crippen LogP contribution is 2.34. The van der Waals surface area contributed by atoms with Crippen molar-refractivity contribution in [1.29, 1.82) is 0 Å². The van der Waals surface area contributed by atoms with Crippen LogP contribution in [0.4, 0.5) is 5.69 Å². The van der Waals surface area contributed by atoms with Crippen LogP contribution in [0.2, 0.25) is 10.0 Å². The summed E-state index contributed by atoms with van der Waals surface area (Å²) in [4.78, 5) is 12.4. The zero-order valence-corrected chi connectivity index (χ0v) is 15.4. The molecule has 2 aromatic rings. The molecule has 0 unspecified atom stereocenters. The summed E-state index contributed by atoms with van der Waals surface area (Å²) in [6, 6.07) is 10.7. The molecule has 2 aromatic carbocycles. The largest absolute Gasteiger partial charge is 0.490 e. The van der Waals surface area contributed by atoms with Crippen molar-refractivity contribution in [3.05, 3.63) is 57.6 Å². The zero-order valence-electron chi connectivity index (χ0n) is 13.9. The number of rotatable bonds is 7. The van der Waals surface area contributed by atoms with Gasteiger partial charge in [0.1, 0.15) is 0 Å². The molecule has 0 aliphatic rings. The molecule has 0 aromatic heterocycles. The third-order valence-corrected chi connectivity index (χ3v) is 4.09. The van der Waals surface area contributed by atoms with Crippen LogP contribution in [-0.2, 0) is 0 Å². The average molecular weight is 366 g/mol. The van der Waals surface area contributed by atoms with Crippen LogP contribution in [0, 0.1) is 6.92 Å². The summed E-state index contributed by atoms with van der Waals surface area (Å²) in [7, 11) is 0. The van der Waals surface area contributed by atoms with E-state index in [-0.39, 0.29) is 5.91 Å². The van der Waals surface area contributed by atoms with Crippen LogP contribution in [0.15, 0.2) is 36.4 Å². The van der Waals surface area contributed by atoms with Crippen LogP contribution in [0.25, 0.3) is 0 Å². The molecule has 0 spiro atoms. The molecule has 0 aliphatic carbocycles. The highest BCUT2D eigenvalue weighted by atomic mass is 35.5. The molecule has 0 bridgehead atoms. The van der Waals surface area contributed by atoms with Crippen LogP contribution in [0.3, 0.4) is 0 Å². The number of hydrogen-bond donors (Lipinski definition) is 1. The molecule has 2 rings (SSSR count). The Bertz CT molecular complexity index is 693. The van der Waals surface area contributed by atoms with Gasteiger partial charge in [-0.15, -0.1) is 0 Å². The summed E-state index contributed by atoms with van der Waals surface area (Å²) in [5.74, 6) is 0.170. The normalized spacial score (nSPS) is 10.5. The van der Waals surface area contributed by atoms with Crippen LogP contribution < -0.4 is 10.1 Å². The molecule has 0 radical (unpaired) electrons. The van der Waals surface area contributed by atoms with Crippen molar-refractivity contribution in [2.75, 3.05) is 11.9 Å². The van der Waals surface area contributed by atoms with Gasteiger partial charge < -0.3 is 10.1 Å². The van der Waals surface area contributed by atoms with Gasteiger partial charge in [-0.2, -0.15) is 0 Å². The van der Waals surface area contributed by atoms with Gasteiger partial charge in [0.05, 0.1) is 16.7 Å². The number of carbonyl (C=O) groups excluding carboxylic acids is 1. The summed E-state index contributed by atoms with van der Waals surface area (Å²) < 4.78 is 5.64. The lowest BCUT2D eigenvalue weighted by atomic mass is 10.1. The Hall–Kier alpha value is -1.71. The average Bonchev–Trinajstić information content (AvgIpc) is 2.53. The number of anilines is 1. The van der Waals surface area contributed by atoms with E-state index in [0.29, 0.717) is 28.0 Å². The Labute approximate surface area is 152 Å². The number of aryl methyl sites for hydroxylation is 1. The maximum Gasteiger partial charge on any atom is 0.255 e. The lowest BCUT2D eigenvalue weighted by Gasteiger charge is -2.12. The molecule has 0 saturated carbocycles. The molecule has 0 saturated heterocycles. The third-order valence-electron chi connectivity index (χ3n) is 3.53. The van der Waals surface area contributed by atoms with Gasteiger partial charge in [0, 0.05) is 11.3 Å². The Morgan fingerprint density at radius 1 is 1.12 bits per heavy atom. The van der Waals surface area contributed by atoms with Crippen molar-refractivity contribution in [2.24, 2.45) is 0 Å². The topological polar surface area (TPSA) is 38.3 Å². The standard InChI is InChI=1S/C19H21Cl2NO2/c1-3-4-5-9-24-18-16(20)11-14(12-17(18)21)19(23)22-15-8-6-7-13(2)10-15/h6-8,10-12H,3-5,9H2,1-2H3,(H,22,23). The molecule has 24 heavy (non-hydrogen) atoms. The van der Waals surface area contributed by atoms with Crippen molar-refractivity contribution in [2.45, 2.75) is 33.1 Å². The summed E-state index contributed by atoms with van der Waals surface area (Å²) in [5, 5.41) is 3.52. The first-order chi connectivity index (χ1) is 11.5. The highest BCUT2D eigenvalue weighted by Gasteiger charge is 2.14. The minimum Gasteiger partial charge on any atom is -0.490 e. The van der Waals surface area contributed by atoms with E-state index in [2.05, 4.69) is 12.2 Å². The number of hydrogen-bond acceptors (Lipinski definition) is 2. The van der Waals surface area contributed by atoms with Gasteiger partial charge >= 0.3 is 0 Å². The van der Waals surface area contributed by atoms with Crippen LogP contribution in [0.5, 0.6) is 5.75 Å². The lowest BCUT2D eigenvalue weighted by molar-refractivity contribution is 0.102. The summed E-state index contributed by atoms with van der Waals surface area (Å²) >= 11 is 12.5. The number of unbranched alkanes of at least 4 members (excludes halogenated alkanes) is 2. The van der Waals surface area contributed by atoms with Gasteiger partial charge in [-0.05, 0) is 43.2 Å². The van der Waals surface area contributed by atoms with Crippen molar-refractivity contribution in [3.63, 3.8) is 0 Å². The number of amides is 1. The Balaban J connectivity index is 2.09. The Kier molecular flexibility index (Phi) is 6.95. The fourth-order valence-corrected chi connectivity index (χ4v) is 2.88. The second-order valence-electron chi connectivity index (χ2n) is 5.65. The summed E-state index contributed by atoms with van der Waals surface area (Å²) in [6.07, 6.45) is 3.15. The smallest absolute Gasteiger partial charge is 0.255 e. The number of ether oxygens (including phenoxy) is 1. The maximum atomic E-state index is 12.4. The van der Waals surface area contributed by atoms with Gasteiger partial charge in [0.25, 0.3) is 5.91 Å². The van der Waals surface area contributed by atoms with Crippen molar-refractivity contribution >= 4 is 34.8 Å². The van der Waals surface area contributed by atoms with E-state index in [1.807, 2.05) is 31.2 Å². The van der Waals surface area contributed by atoms with E-state index in [9.17, 15) is 4.79 Å². The lowest BCUT2D eigenvalue weighted by Crippen LogP contribution is -2.12. The Morgan fingerprint density at radius 2 is 1.83 bits per heavy atom. The molecule has 1 N–H and O–H groups in total. The fraction of sp³-hybridized carbons (Fsp3) is 0.316. The van der Waals surface area contributed by atoms with Gasteiger partial charge in [-0.25, -0.2) is 0 Å². The van der Waals surface area contributed by atoms with Gasteiger partial charge in [0.2, 0.25) is 0 Å². The van der Waals surface area contributed by atoms with Crippen LogP contribution >= 0.6 is 23.2 Å². The second-order valence-corrected chi connectivity index (χ2v) is 6.46. The molecule has 1 amide bonds. The van der Waals surface area contributed by atoms with Gasteiger partial charge in [-0.3, -0.25) is 4.79 Å². The number of nitrogens with one attached hydrogen (secondary N) is 1. The van der Waals surface area contributed by atoms with E-state index in [1.165, 1.54) is 0 Å². The third kappa shape index (κ3) is 5.15. The quantitative estimate of drug-likeness (QED) is 0.599. The van der Waals surface area contributed by atoms with Crippen molar-refractivity contribution in [3.8, 4) is 5.75 Å². The molecule has 0 fully saturated rings. The SMILES string of the molecule is CCCCCOc1c(Cl)cc(C(=O)Nc2cccc(C)c2)cc1Cl. The first kappa shape index (κ1) is 18.6. The minimum atomic E-state index is -0.262. The number of halogens is 2. The maximum absolute atomic E-state index is 12.4. The monoisotopic (exact) mass is 365 g/mol. The number of carbonyl (C=O) groups is 1. The summed E-state index contributed by atoms with van der Waals surface area (Å²) in [5.41, 5.74) is 2.19. The van der Waals surface area contributed by atoms with E-state index in [1.54, 1.807) is 12.1 Å². The molecule has 0 atom stereocenters. The van der Waals surface area contributed by atoms with E-state index in [0.717, 1.165) is 30.5 Å². The van der Waals surface area contributed by atoms with Crippen molar-refractivity contribution in [1.82, 2.24) is 0 Å². The molecule has 0 aliphatic heterocycles. The first-order valence-electron chi connectivity index (χ1n) is 8.01. The summed E-state index contributed by atoms with van der Waals surface area (Å²) in [6.45, 7) is 4.65. The molecule has 128 valence electrons. The molecular weight excluding hydrogens is 345 g/mol. The molecular formula is C19H21Cl2NO2. The highest BCUT2D eigenvalue weighted by molar-refractivity contribution is 6.37. The molecule has 0 heterocycles. The zero-order chi connectivity index (χ0) is 17.5. The predicted molar refractivity (Wildman–Crippen MR) is 101 cm³/mol. The van der Waals surface area contributed by atoms with E-state index < -0.39 is 0 Å². The van der Waals surface area contributed by atoms with Crippen LogP contribution in [-0.4, -0.2) is 12.5 Å². The van der Waals surface area contributed by atoms with E-state index >= 15 is 0 Å². The number of benzene rings is 2. The first-order valence-corrected chi connectivity index (χ1v) is 8.76. The van der Waals surface area contributed by atoms with Gasteiger partial charge in [-0.1, -0.05) is 55.1 Å². The minimum absolute atomic E-state index is 0.262. The van der Waals surface area contributed by atoms with E-state index in [4.69, 9.17) is 27.9 Å².